The summed E-state index contributed by atoms with van der Waals surface area (Å²) < 4.78 is 33.1. The van der Waals surface area contributed by atoms with Crippen LogP contribution in [0.2, 0.25) is 5.02 Å². The highest BCUT2D eigenvalue weighted by atomic mass is 35.5. The fourth-order valence-corrected chi connectivity index (χ4v) is 3.29. The molecule has 2 heterocycles. The van der Waals surface area contributed by atoms with Gasteiger partial charge in [-0.1, -0.05) is 11.6 Å². The summed E-state index contributed by atoms with van der Waals surface area (Å²) >= 11 is 6.23. The number of nitrogens with zero attached hydrogens (tertiary/aromatic N) is 3. The lowest BCUT2D eigenvalue weighted by Crippen LogP contribution is -2.40. The number of nitrogens with one attached hydrogen (secondary N) is 1. The Bertz CT molecular complexity index is 990. The van der Waals surface area contributed by atoms with Crippen LogP contribution in [0.5, 0.6) is 0 Å². The average molecular weight is 427 g/mol. The number of alkyl carbamates (subject to hydrolysis) is 1. The molecule has 3 rings (SSSR count). The highest BCUT2D eigenvalue weighted by Crippen LogP contribution is 2.26. The number of anilines is 1. The Kier molecular flexibility index (Phi) is 5.79. The Morgan fingerprint density at radius 1 is 1.31 bits per heavy atom. The van der Waals surface area contributed by atoms with Gasteiger partial charge in [-0.15, -0.1) is 0 Å². The van der Waals surface area contributed by atoms with E-state index in [0.29, 0.717) is 31.3 Å². The van der Waals surface area contributed by atoms with Crippen molar-refractivity contribution in [1.29, 1.82) is 0 Å². The number of benzene rings is 1. The van der Waals surface area contributed by atoms with Gasteiger partial charge in [0, 0.05) is 19.2 Å². The Labute approximate surface area is 171 Å². The first-order valence-corrected chi connectivity index (χ1v) is 9.40. The van der Waals surface area contributed by atoms with E-state index < -0.39 is 28.9 Å². The minimum Gasteiger partial charge on any atom is -0.444 e. The number of halogens is 3. The predicted molar refractivity (Wildman–Crippen MR) is 105 cm³/mol. The van der Waals surface area contributed by atoms with Crippen LogP contribution in [0.1, 0.15) is 27.2 Å². The van der Waals surface area contributed by atoms with Crippen LogP contribution in [0.25, 0.3) is 5.69 Å². The minimum atomic E-state index is -0.925. The molecule has 0 bridgehead atoms. The monoisotopic (exact) mass is 426 g/mol. The quantitative estimate of drug-likeness (QED) is 0.815. The van der Waals surface area contributed by atoms with Gasteiger partial charge in [0.1, 0.15) is 22.1 Å². The number of aromatic nitrogens is 2. The number of carbonyl (C=O) groups is 1. The molecule has 0 spiro atoms. The number of amides is 1. The summed E-state index contributed by atoms with van der Waals surface area (Å²) in [6, 6.07) is 2.63. The standard InChI is InChI=1S/C19H21ClF2N4O3/c1-19(2,3)29-18(28)24-12-6-7-25(10-12)15-9-23-26(17(27)16(15)20)14-5-4-11(21)8-13(14)22/h4-5,8-9,12H,6-7,10H2,1-3H3,(H,24,28). The second kappa shape index (κ2) is 7.98. The molecule has 2 aromatic rings. The zero-order valence-electron chi connectivity index (χ0n) is 16.2. The number of hydrogen-bond donors (Lipinski definition) is 1. The molecule has 0 saturated carbocycles. The molecule has 10 heteroatoms. The van der Waals surface area contributed by atoms with E-state index in [1.165, 1.54) is 6.20 Å². The normalized spacial score (nSPS) is 16.8. The smallest absolute Gasteiger partial charge is 0.407 e. The lowest BCUT2D eigenvalue weighted by atomic mass is 10.2. The molecule has 1 aromatic heterocycles. The summed E-state index contributed by atoms with van der Waals surface area (Å²) in [5.74, 6) is -1.69. The molecule has 1 N–H and O–H groups in total. The lowest BCUT2D eigenvalue weighted by Gasteiger charge is -2.22. The second-order valence-electron chi connectivity index (χ2n) is 7.73. The van der Waals surface area contributed by atoms with Crippen molar-refractivity contribution in [2.24, 2.45) is 0 Å². The fourth-order valence-electron chi connectivity index (χ4n) is 3.04. The molecule has 1 amide bonds. The van der Waals surface area contributed by atoms with E-state index in [2.05, 4.69) is 10.4 Å². The van der Waals surface area contributed by atoms with Gasteiger partial charge in [-0.3, -0.25) is 4.79 Å². The maximum absolute atomic E-state index is 14.0. The van der Waals surface area contributed by atoms with E-state index in [4.69, 9.17) is 16.3 Å². The highest BCUT2D eigenvalue weighted by molar-refractivity contribution is 6.33. The van der Waals surface area contributed by atoms with Crippen LogP contribution < -0.4 is 15.8 Å². The van der Waals surface area contributed by atoms with Gasteiger partial charge in [-0.2, -0.15) is 9.78 Å². The number of carbonyl (C=O) groups excluding carboxylic acids is 1. The molecule has 156 valence electrons. The largest absolute Gasteiger partial charge is 0.444 e. The number of ether oxygens (including phenoxy) is 1. The first-order chi connectivity index (χ1) is 13.5. The molecule has 0 aliphatic carbocycles. The Balaban J connectivity index is 1.77. The molecule has 1 fully saturated rings. The SMILES string of the molecule is CC(C)(C)OC(=O)NC1CCN(c2cnn(-c3ccc(F)cc3F)c(=O)c2Cl)C1. The molecule has 1 atom stereocenters. The first-order valence-electron chi connectivity index (χ1n) is 9.03. The lowest BCUT2D eigenvalue weighted by molar-refractivity contribution is 0.0509. The minimum absolute atomic E-state index is 0.137. The van der Waals surface area contributed by atoms with Crippen LogP contribution in [0.15, 0.2) is 29.2 Å². The summed E-state index contributed by atoms with van der Waals surface area (Å²) in [6.07, 6.45) is 1.46. The van der Waals surface area contributed by atoms with Crippen molar-refractivity contribution in [1.82, 2.24) is 15.1 Å². The van der Waals surface area contributed by atoms with E-state index in [1.54, 1.807) is 20.8 Å². The van der Waals surface area contributed by atoms with Gasteiger partial charge in [0.2, 0.25) is 0 Å². The van der Waals surface area contributed by atoms with E-state index in [-0.39, 0.29) is 16.8 Å². The van der Waals surface area contributed by atoms with Crippen LogP contribution in [-0.4, -0.2) is 40.6 Å². The van der Waals surface area contributed by atoms with Crippen molar-refractivity contribution in [2.45, 2.75) is 38.8 Å². The third-order valence-electron chi connectivity index (χ3n) is 4.29. The van der Waals surface area contributed by atoms with Gasteiger partial charge < -0.3 is 15.0 Å². The van der Waals surface area contributed by atoms with Gasteiger partial charge in [-0.05, 0) is 39.3 Å². The summed E-state index contributed by atoms with van der Waals surface area (Å²) in [4.78, 5) is 26.3. The summed E-state index contributed by atoms with van der Waals surface area (Å²) in [7, 11) is 0. The first kappa shape index (κ1) is 21.0. The molecule has 1 saturated heterocycles. The van der Waals surface area contributed by atoms with Crippen molar-refractivity contribution < 1.29 is 18.3 Å². The van der Waals surface area contributed by atoms with Gasteiger partial charge in [0.15, 0.2) is 5.82 Å². The van der Waals surface area contributed by atoms with Crippen LogP contribution in [0.4, 0.5) is 19.3 Å². The van der Waals surface area contributed by atoms with Crippen LogP contribution in [0.3, 0.4) is 0 Å². The molecule has 0 radical (unpaired) electrons. The van der Waals surface area contributed by atoms with E-state index in [9.17, 15) is 18.4 Å². The Morgan fingerprint density at radius 2 is 2.03 bits per heavy atom. The Morgan fingerprint density at radius 3 is 2.69 bits per heavy atom. The van der Waals surface area contributed by atoms with Crippen molar-refractivity contribution in [2.75, 3.05) is 18.0 Å². The van der Waals surface area contributed by atoms with Crippen molar-refractivity contribution in [3.05, 3.63) is 51.4 Å². The van der Waals surface area contributed by atoms with Crippen molar-refractivity contribution in [3.8, 4) is 5.69 Å². The fraction of sp³-hybridized carbons (Fsp3) is 0.421. The van der Waals surface area contributed by atoms with Gasteiger partial charge in [-0.25, -0.2) is 13.6 Å². The van der Waals surface area contributed by atoms with Crippen LogP contribution >= 0.6 is 11.6 Å². The number of rotatable bonds is 3. The second-order valence-corrected chi connectivity index (χ2v) is 8.11. The molecule has 7 nitrogen and oxygen atoms in total. The van der Waals surface area contributed by atoms with Crippen LogP contribution in [-0.2, 0) is 4.74 Å². The maximum Gasteiger partial charge on any atom is 0.407 e. The Hall–Kier alpha value is -2.68. The molecular formula is C19H21ClF2N4O3. The third kappa shape index (κ3) is 4.84. The third-order valence-corrected chi connectivity index (χ3v) is 4.64. The number of hydrogen-bond acceptors (Lipinski definition) is 5. The summed E-state index contributed by atoms with van der Waals surface area (Å²) in [5.41, 5.74) is -1.15. The van der Waals surface area contributed by atoms with Gasteiger partial charge >= 0.3 is 6.09 Å². The van der Waals surface area contributed by atoms with E-state index in [1.807, 2.05) is 4.90 Å². The average Bonchev–Trinajstić information content (AvgIpc) is 3.04. The van der Waals surface area contributed by atoms with E-state index in [0.717, 1.165) is 16.8 Å². The maximum atomic E-state index is 14.0. The zero-order valence-corrected chi connectivity index (χ0v) is 17.0. The van der Waals surface area contributed by atoms with E-state index >= 15 is 0 Å². The zero-order chi connectivity index (χ0) is 21.3. The molecule has 1 aromatic carbocycles. The summed E-state index contributed by atoms with van der Waals surface area (Å²) in [6.45, 7) is 6.28. The molecular weight excluding hydrogens is 406 g/mol. The van der Waals surface area contributed by atoms with Gasteiger partial charge in [0.25, 0.3) is 5.56 Å². The van der Waals surface area contributed by atoms with Gasteiger partial charge in [0.05, 0.1) is 17.9 Å². The summed E-state index contributed by atoms with van der Waals surface area (Å²) in [5, 5.41) is 6.63. The molecule has 1 aliphatic rings. The van der Waals surface area contributed by atoms with Crippen LogP contribution in [0, 0.1) is 11.6 Å². The molecule has 1 aliphatic heterocycles. The van der Waals surface area contributed by atoms with Crippen molar-refractivity contribution >= 4 is 23.4 Å². The topological polar surface area (TPSA) is 76.5 Å². The molecule has 29 heavy (non-hydrogen) atoms. The predicted octanol–water partition coefficient (Wildman–Crippen LogP) is 3.27. The highest BCUT2D eigenvalue weighted by Gasteiger charge is 2.28. The van der Waals surface area contributed by atoms with Crippen molar-refractivity contribution in [3.63, 3.8) is 0 Å². The molecule has 1 unspecified atom stereocenters.